The Morgan fingerprint density at radius 3 is 2.00 bits per heavy atom. The third-order valence-electron chi connectivity index (χ3n) is 8.91. The predicted molar refractivity (Wildman–Crippen MR) is 151 cm³/mol. The Kier molecular flexibility index (Phi) is 5.33. The highest BCUT2D eigenvalue weighted by Gasteiger charge is 2.48. The van der Waals surface area contributed by atoms with Crippen LogP contribution < -0.4 is 0 Å². The van der Waals surface area contributed by atoms with E-state index in [0.29, 0.717) is 0 Å². The van der Waals surface area contributed by atoms with E-state index >= 15 is 0 Å². The Balaban J connectivity index is 1.81. The molecule has 2 unspecified atom stereocenters. The van der Waals surface area contributed by atoms with Gasteiger partial charge >= 0.3 is 0 Å². The van der Waals surface area contributed by atoms with Crippen molar-refractivity contribution in [3.63, 3.8) is 0 Å². The van der Waals surface area contributed by atoms with Gasteiger partial charge in [0.15, 0.2) is 0 Å². The molecule has 0 bridgehead atoms. The Morgan fingerprint density at radius 2 is 1.40 bits per heavy atom. The van der Waals surface area contributed by atoms with Gasteiger partial charge in [0.05, 0.1) is 5.41 Å². The predicted octanol–water partition coefficient (Wildman–Crippen LogP) is 9.55. The van der Waals surface area contributed by atoms with Crippen LogP contribution >= 0.6 is 0 Å². The summed E-state index contributed by atoms with van der Waals surface area (Å²) in [6, 6.07) is 25.6. The third-order valence-corrected chi connectivity index (χ3v) is 8.91. The van der Waals surface area contributed by atoms with Crippen LogP contribution in [-0.4, -0.2) is 0 Å². The molecule has 0 N–H and O–H groups in total. The first-order valence-electron chi connectivity index (χ1n) is 13.1. The number of allylic oxidation sites excluding steroid dienone is 4. The molecule has 2 aliphatic carbocycles. The van der Waals surface area contributed by atoms with Crippen LogP contribution in [0.1, 0.15) is 82.7 Å². The fourth-order valence-corrected chi connectivity index (χ4v) is 5.97. The topological polar surface area (TPSA) is 0 Å². The second-order valence-corrected chi connectivity index (χ2v) is 13.0. The van der Waals surface area contributed by atoms with Crippen LogP contribution in [0.5, 0.6) is 0 Å². The average molecular weight is 461 g/mol. The molecule has 0 nitrogen and oxygen atoms in total. The lowest BCUT2D eigenvalue weighted by Gasteiger charge is -2.43. The fraction of sp³-hybridized carbons (Fsp3) is 0.371. The second-order valence-electron chi connectivity index (χ2n) is 13.0. The first kappa shape index (κ1) is 23.9. The Morgan fingerprint density at radius 1 is 0.743 bits per heavy atom. The number of hydrogen-bond donors (Lipinski definition) is 0. The van der Waals surface area contributed by atoms with E-state index in [0.717, 1.165) is 6.42 Å². The van der Waals surface area contributed by atoms with Crippen LogP contribution in [0.15, 0.2) is 90.5 Å². The van der Waals surface area contributed by atoms with E-state index in [4.69, 9.17) is 0 Å². The van der Waals surface area contributed by atoms with Crippen molar-refractivity contribution < 1.29 is 0 Å². The number of fused-ring (bicyclic) bond motifs is 3. The first-order chi connectivity index (χ1) is 16.4. The number of hydrogen-bond acceptors (Lipinski definition) is 0. The molecule has 5 rings (SSSR count). The van der Waals surface area contributed by atoms with Gasteiger partial charge in [0.2, 0.25) is 0 Å². The maximum Gasteiger partial charge on any atom is 0.0710 e. The molecule has 0 heteroatoms. The van der Waals surface area contributed by atoms with Crippen LogP contribution in [0.2, 0.25) is 0 Å². The zero-order chi connectivity index (χ0) is 25.2. The molecule has 3 aromatic rings. The van der Waals surface area contributed by atoms with E-state index in [1.165, 1.54) is 44.5 Å². The van der Waals surface area contributed by atoms with Crippen molar-refractivity contribution in [3.8, 4) is 11.1 Å². The lowest BCUT2D eigenvalue weighted by molar-refractivity contribution is 0.169. The number of aryl methyl sites for hydroxylation is 1. The largest absolute Gasteiger partial charge is 0.0789 e. The van der Waals surface area contributed by atoms with Crippen molar-refractivity contribution in [2.24, 2.45) is 10.8 Å². The van der Waals surface area contributed by atoms with Crippen LogP contribution in [0, 0.1) is 17.8 Å². The smallest absolute Gasteiger partial charge is 0.0710 e. The molecule has 0 fully saturated rings. The quantitative estimate of drug-likeness (QED) is 0.357. The highest BCUT2D eigenvalue weighted by molar-refractivity contribution is 5.87. The van der Waals surface area contributed by atoms with E-state index in [-0.39, 0.29) is 21.7 Å². The Labute approximate surface area is 212 Å². The van der Waals surface area contributed by atoms with Crippen LogP contribution in [0.25, 0.3) is 11.1 Å². The lowest BCUT2D eigenvalue weighted by atomic mass is 9.60. The summed E-state index contributed by atoms with van der Waals surface area (Å²) in [6.07, 6.45) is 8.52. The van der Waals surface area contributed by atoms with Crippen LogP contribution in [0.3, 0.4) is 0 Å². The van der Waals surface area contributed by atoms with Gasteiger partial charge in [-0.25, -0.2) is 0 Å². The highest BCUT2D eigenvalue weighted by atomic mass is 14.5. The number of benzene rings is 3. The first-order valence-corrected chi connectivity index (χ1v) is 13.1. The fourth-order valence-electron chi connectivity index (χ4n) is 5.97. The van der Waals surface area contributed by atoms with Gasteiger partial charge in [-0.1, -0.05) is 139 Å². The maximum atomic E-state index is 2.54. The molecule has 3 aromatic carbocycles. The molecule has 0 aromatic heterocycles. The van der Waals surface area contributed by atoms with E-state index in [2.05, 4.69) is 140 Å². The molecule has 0 saturated heterocycles. The summed E-state index contributed by atoms with van der Waals surface area (Å²) >= 11 is 0. The molecule has 180 valence electrons. The van der Waals surface area contributed by atoms with Gasteiger partial charge in [0.25, 0.3) is 0 Å². The highest BCUT2D eigenvalue weighted by Crippen LogP contribution is 2.58. The standard InChI is InChI=1S/C35H40/c1-24-13-18-29-28-11-9-10-12-30(28)35(31(29)23-24,26-16-14-25(15-17-26)32(2,3)4)27-19-21-34(8,22-20-27)33(5,6)7/h9-21,23H,22H2,1-8H3. The van der Waals surface area contributed by atoms with Gasteiger partial charge < -0.3 is 0 Å². The summed E-state index contributed by atoms with van der Waals surface area (Å²) in [5.41, 5.74) is 11.2. The summed E-state index contributed by atoms with van der Waals surface area (Å²) in [5.74, 6) is 0. The molecule has 0 spiro atoms. The summed E-state index contributed by atoms with van der Waals surface area (Å²) in [6.45, 7) is 18.6. The molecule has 0 heterocycles. The summed E-state index contributed by atoms with van der Waals surface area (Å²) < 4.78 is 0. The molecular formula is C35H40. The van der Waals surface area contributed by atoms with Gasteiger partial charge in [0, 0.05) is 0 Å². The van der Waals surface area contributed by atoms with Gasteiger partial charge in [-0.05, 0) is 68.5 Å². The molecule has 2 aliphatic rings. The van der Waals surface area contributed by atoms with Gasteiger partial charge in [-0.15, -0.1) is 0 Å². The molecule has 0 radical (unpaired) electrons. The molecule has 0 saturated carbocycles. The minimum atomic E-state index is -0.302. The minimum Gasteiger partial charge on any atom is -0.0789 e. The molecule has 0 amide bonds. The zero-order valence-corrected chi connectivity index (χ0v) is 22.8. The zero-order valence-electron chi connectivity index (χ0n) is 22.8. The molecule has 35 heavy (non-hydrogen) atoms. The molecule has 0 aliphatic heterocycles. The van der Waals surface area contributed by atoms with Crippen molar-refractivity contribution in [2.45, 2.75) is 72.6 Å². The van der Waals surface area contributed by atoms with E-state index in [9.17, 15) is 0 Å². The normalized spacial score (nSPS) is 23.6. The van der Waals surface area contributed by atoms with Gasteiger partial charge in [-0.3, -0.25) is 0 Å². The van der Waals surface area contributed by atoms with Crippen molar-refractivity contribution in [3.05, 3.63) is 118 Å². The SMILES string of the molecule is Cc1ccc2c(c1)C(C1=CCC(C)(C(C)(C)C)C=C1)(c1ccc(C(C)(C)C)cc1)c1ccccc1-2. The van der Waals surface area contributed by atoms with E-state index < -0.39 is 0 Å². The second kappa shape index (κ2) is 7.82. The summed E-state index contributed by atoms with van der Waals surface area (Å²) in [4.78, 5) is 0. The third kappa shape index (κ3) is 3.56. The van der Waals surface area contributed by atoms with Crippen LogP contribution in [-0.2, 0) is 10.8 Å². The monoisotopic (exact) mass is 460 g/mol. The Hall–Kier alpha value is -2.86. The molecule has 2 atom stereocenters. The van der Waals surface area contributed by atoms with Crippen molar-refractivity contribution in [1.82, 2.24) is 0 Å². The molecular weight excluding hydrogens is 420 g/mol. The van der Waals surface area contributed by atoms with Crippen molar-refractivity contribution >= 4 is 0 Å². The Bertz CT molecular complexity index is 1330. The maximum absolute atomic E-state index is 2.54. The van der Waals surface area contributed by atoms with Crippen molar-refractivity contribution in [2.75, 3.05) is 0 Å². The lowest BCUT2D eigenvalue weighted by Crippen LogP contribution is -2.35. The number of rotatable bonds is 2. The average Bonchev–Trinajstić information content (AvgIpc) is 3.09. The minimum absolute atomic E-state index is 0.131. The van der Waals surface area contributed by atoms with E-state index in [1.807, 2.05) is 0 Å². The van der Waals surface area contributed by atoms with Crippen molar-refractivity contribution in [1.29, 1.82) is 0 Å². The summed E-state index contributed by atoms with van der Waals surface area (Å²) in [7, 11) is 0. The van der Waals surface area contributed by atoms with E-state index in [1.54, 1.807) is 0 Å². The van der Waals surface area contributed by atoms with Crippen LogP contribution in [0.4, 0.5) is 0 Å². The van der Waals surface area contributed by atoms with Gasteiger partial charge in [-0.2, -0.15) is 0 Å². The summed E-state index contributed by atoms with van der Waals surface area (Å²) in [5, 5.41) is 0. The van der Waals surface area contributed by atoms with Gasteiger partial charge in [0.1, 0.15) is 0 Å².